The maximum Gasteiger partial charge on any atom is 0.263 e. The Morgan fingerprint density at radius 3 is 2.64 bits per heavy atom. The second-order valence-corrected chi connectivity index (χ2v) is 3.22. The number of imide groups is 1. The fourth-order valence-electron chi connectivity index (χ4n) is 1.45. The fourth-order valence-corrected chi connectivity index (χ4v) is 1.45. The summed E-state index contributed by atoms with van der Waals surface area (Å²) in [6.45, 7) is 1.70. The Labute approximate surface area is 80.5 Å². The molecule has 5 heteroatoms. The number of carbonyl (C=O) groups is 2. The van der Waals surface area contributed by atoms with Crippen LogP contribution in [-0.2, 0) is 0 Å². The minimum atomic E-state index is -0.354. The van der Waals surface area contributed by atoms with Gasteiger partial charge in [0.15, 0.2) is 0 Å². The Kier molecular flexibility index (Phi) is 1.57. The maximum absolute atomic E-state index is 11.6. The lowest BCUT2D eigenvalue weighted by molar-refractivity contribution is 0.0693. The van der Waals surface area contributed by atoms with E-state index < -0.39 is 0 Å². The molecule has 1 aromatic heterocycles. The highest BCUT2D eigenvalue weighted by Gasteiger charge is 2.35. The predicted molar refractivity (Wildman–Crippen MR) is 49.8 cm³/mol. The highest BCUT2D eigenvalue weighted by Crippen LogP contribution is 2.27. The number of nitrogens with two attached hydrogens (primary N) is 1. The number of nitrogens with zero attached hydrogens (tertiary/aromatic N) is 2. The average molecular weight is 191 g/mol. The molecule has 0 aliphatic carbocycles. The van der Waals surface area contributed by atoms with E-state index in [-0.39, 0.29) is 17.4 Å². The van der Waals surface area contributed by atoms with Crippen LogP contribution in [0.25, 0.3) is 0 Å². The van der Waals surface area contributed by atoms with Crippen LogP contribution in [0.3, 0.4) is 0 Å². The van der Waals surface area contributed by atoms with Crippen LogP contribution in [-0.4, -0.2) is 28.7 Å². The molecule has 0 radical (unpaired) electrons. The van der Waals surface area contributed by atoms with E-state index in [0.29, 0.717) is 16.9 Å². The Morgan fingerprint density at radius 1 is 1.36 bits per heavy atom. The van der Waals surface area contributed by atoms with Gasteiger partial charge in [0, 0.05) is 13.2 Å². The summed E-state index contributed by atoms with van der Waals surface area (Å²) in [5.41, 5.74) is 7.13. The van der Waals surface area contributed by atoms with Crippen molar-refractivity contribution < 1.29 is 9.59 Å². The van der Waals surface area contributed by atoms with Crippen molar-refractivity contribution >= 4 is 17.5 Å². The molecule has 0 saturated heterocycles. The van der Waals surface area contributed by atoms with Gasteiger partial charge < -0.3 is 5.73 Å². The molecule has 1 aliphatic rings. The molecule has 2 heterocycles. The summed E-state index contributed by atoms with van der Waals surface area (Å²) in [4.78, 5) is 28.0. The molecule has 0 fully saturated rings. The molecule has 1 aliphatic heterocycles. The first kappa shape index (κ1) is 8.68. The molecule has 2 rings (SSSR count). The maximum atomic E-state index is 11.6. The topological polar surface area (TPSA) is 76.3 Å². The van der Waals surface area contributed by atoms with Crippen molar-refractivity contribution in [1.82, 2.24) is 9.88 Å². The van der Waals surface area contributed by atoms with Crippen molar-refractivity contribution in [2.75, 3.05) is 12.8 Å². The second-order valence-electron chi connectivity index (χ2n) is 3.22. The number of hydrogen-bond donors (Lipinski definition) is 1. The van der Waals surface area contributed by atoms with Crippen molar-refractivity contribution in [2.24, 2.45) is 0 Å². The molecule has 0 unspecified atom stereocenters. The molecule has 0 aromatic carbocycles. The molecule has 1 aromatic rings. The van der Waals surface area contributed by atoms with Crippen molar-refractivity contribution in [3.8, 4) is 0 Å². The Morgan fingerprint density at radius 2 is 2.00 bits per heavy atom. The van der Waals surface area contributed by atoms with Crippen LogP contribution >= 0.6 is 0 Å². The SMILES string of the molecule is Cc1ncc2c(c1N)C(=O)N(C)C2=O. The van der Waals surface area contributed by atoms with Gasteiger partial charge in [0.05, 0.1) is 22.5 Å². The van der Waals surface area contributed by atoms with Crippen LogP contribution in [0.1, 0.15) is 26.4 Å². The highest BCUT2D eigenvalue weighted by atomic mass is 16.2. The Balaban J connectivity index is 2.76. The smallest absolute Gasteiger partial charge is 0.263 e. The van der Waals surface area contributed by atoms with E-state index in [1.165, 1.54) is 13.2 Å². The molecule has 2 amide bonds. The molecule has 14 heavy (non-hydrogen) atoms. The van der Waals surface area contributed by atoms with Gasteiger partial charge in [0.25, 0.3) is 11.8 Å². The lowest BCUT2D eigenvalue weighted by Gasteiger charge is -2.04. The largest absolute Gasteiger partial charge is 0.397 e. The zero-order valence-electron chi connectivity index (χ0n) is 7.87. The van der Waals surface area contributed by atoms with Crippen LogP contribution < -0.4 is 5.73 Å². The van der Waals surface area contributed by atoms with E-state index >= 15 is 0 Å². The lowest BCUT2D eigenvalue weighted by atomic mass is 10.1. The number of nitrogen functional groups attached to an aromatic ring is 1. The quantitative estimate of drug-likeness (QED) is 0.594. The third kappa shape index (κ3) is 0.863. The summed E-state index contributed by atoms with van der Waals surface area (Å²) < 4.78 is 0. The van der Waals surface area contributed by atoms with Gasteiger partial charge in [-0.3, -0.25) is 19.5 Å². The third-order valence-electron chi connectivity index (χ3n) is 2.37. The van der Waals surface area contributed by atoms with Crippen LogP contribution in [0.2, 0.25) is 0 Å². The van der Waals surface area contributed by atoms with Gasteiger partial charge in [-0.05, 0) is 6.92 Å². The van der Waals surface area contributed by atoms with Gasteiger partial charge in [-0.15, -0.1) is 0 Å². The van der Waals surface area contributed by atoms with Gasteiger partial charge in [0.1, 0.15) is 0 Å². The van der Waals surface area contributed by atoms with E-state index in [1.807, 2.05) is 0 Å². The normalized spacial score (nSPS) is 14.9. The number of rotatable bonds is 0. The number of carbonyl (C=O) groups excluding carboxylic acids is 2. The van der Waals surface area contributed by atoms with Crippen LogP contribution in [0, 0.1) is 6.92 Å². The van der Waals surface area contributed by atoms with Crippen LogP contribution in [0.5, 0.6) is 0 Å². The summed E-state index contributed by atoms with van der Waals surface area (Å²) in [7, 11) is 1.43. The van der Waals surface area contributed by atoms with E-state index in [1.54, 1.807) is 6.92 Å². The molecular weight excluding hydrogens is 182 g/mol. The number of aryl methyl sites for hydroxylation is 1. The van der Waals surface area contributed by atoms with Crippen LogP contribution in [0.4, 0.5) is 5.69 Å². The zero-order valence-corrected chi connectivity index (χ0v) is 7.87. The second kappa shape index (κ2) is 2.54. The van der Waals surface area contributed by atoms with Gasteiger partial charge in [-0.1, -0.05) is 0 Å². The molecule has 0 saturated carbocycles. The average Bonchev–Trinajstić information content (AvgIpc) is 2.38. The lowest BCUT2D eigenvalue weighted by Crippen LogP contribution is -2.24. The Hall–Kier alpha value is -1.91. The van der Waals surface area contributed by atoms with Crippen molar-refractivity contribution in [3.05, 3.63) is 23.0 Å². The van der Waals surface area contributed by atoms with E-state index in [9.17, 15) is 9.59 Å². The minimum Gasteiger partial charge on any atom is -0.397 e. The third-order valence-corrected chi connectivity index (χ3v) is 2.37. The monoisotopic (exact) mass is 191 g/mol. The molecular formula is C9H9N3O2. The first-order valence-corrected chi connectivity index (χ1v) is 4.11. The van der Waals surface area contributed by atoms with E-state index in [0.717, 1.165) is 4.90 Å². The van der Waals surface area contributed by atoms with Gasteiger partial charge >= 0.3 is 0 Å². The standard InChI is InChI=1S/C9H9N3O2/c1-4-7(10)6-5(3-11-4)8(13)12(2)9(6)14/h3H,10H2,1-2H3. The summed E-state index contributed by atoms with van der Waals surface area (Å²) >= 11 is 0. The number of anilines is 1. The molecule has 0 atom stereocenters. The number of aromatic nitrogens is 1. The number of hydrogen-bond acceptors (Lipinski definition) is 4. The number of amides is 2. The highest BCUT2D eigenvalue weighted by molar-refractivity contribution is 6.23. The van der Waals surface area contributed by atoms with Crippen LogP contribution in [0.15, 0.2) is 6.20 Å². The molecule has 0 spiro atoms. The number of fused-ring (bicyclic) bond motifs is 1. The minimum absolute atomic E-state index is 0.282. The summed E-state index contributed by atoms with van der Waals surface area (Å²) in [6.07, 6.45) is 1.39. The predicted octanol–water partition coefficient (Wildman–Crippen LogP) is 0.198. The summed E-state index contributed by atoms with van der Waals surface area (Å²) in [5, 5.41) is 0. The molecule has 2 N–H and O–H groups in total. The van der Waals surface area contributed by atoms with Gasteiger partial charge in [-0.25, -0.2) is 0 Å². The summed E-state index contributed by atoms with van der Waals surface area (Å²) in [5.74, 6) is -0.697. The van der Waals surface area contributed by atoms with E-state index in [2.05, 4.69) is 4.98 Å². The first-order chi connectivity index (χ1) is 6.54. The summed E-state index contributed by atoms with van der Waals surface area (Å²) in [6, 6.07) is 0. The number of pyridine rings is 1. The fraction of sp³-hybridized carbons (Fsp3) is 0.222. The first-order valence-electron chi connectivity index (χ1n) is 4.11. The van der Waals surface area contributed by atoms with Crippen molar-refractivity contribution in [1.29, 1.82) is 0 Å². The Bertz CT molecular complexity index is 454. The molecule has 72 valence electrons. The van der Waals surface area contributed by atoms with Gasteiger partial charge in [-0.2, -0.15) is 0 Å². The molecule has 0 bridgehead atoms. The molecule has 5 nitrogen and oxygen atoms in total. The van der Waals surface area contributed by atoms with Crippen molar-refractivity contribution in [3.63, 3.8) is 0 Å². The zero-order chi connectivity index (χ0) is 10.5. The van der Waals surface area contributed by atoms with Crippen molar-refractivity contribution in [2.45, 2.75) is 6.92 Å². The van der Waals surface area contributed by atoms with E-state index in [4.69, 9.17) is 5.73 Å². The van der Waals surface area contributed by atoms with Gasteiger partial charge in [0.2, 0.25) is 0 Å².